The molecular weight excluding hydrogens is 306 g/mol. The van der Waals surface area contributed by atoms with Gasteiger partial charge in [0.15, 0.2) is 0 Å². The van der Waals surface area contributed by atoms with Gasteiger partial charge in [0.05, 0.1) is 12.3 Å². The Morgan fingerprint density at radius 1 is 0.958 bits per heavy atom. The van der Waals surface area contributed by atoms with Crippen molar-refractivity contribution in [1.82, 2.24) is 4.57 Å². The molecule has 0 saturated carbocycles. The van der Waals surface area contributed by atoms with Gasteiger partial charge in [-0.2, -0.15) is 0 Å². The van der Waals surface area contributed by atoms with E-state index in [9.17, 15) is 14.7 Å². The van der Waals surface area contributed by atoms with E-state index in [1.54, 1.807) is 6.20 Å². The highest BCUT2D eigenvalue weighted by Gasteiger charge is 2.26. The predicted octanol–water partition coefficient (Wildman–Crippen LogP) is 3.33. The molecule has 2 aromatic carbocycles. The van der Waals surface area contributed by atoms with Crippen LogP contribution in [0.1, 0.15) is 23.5 Å². The summed E-state index contributed by atoms with van der Waals surface area (Å²) >= 11 is 0. The highest BCUT2D eigenvalue weighted by molar-refractivity contribution is 5.92. The summed E-state index contributed by atoms with van der Waals surface area (Å²) in [6.45, 7) is 0.598. The zero-order valence-corrected chi connectivity index (χ0v) is 12.9. The molecule has 0 spiro atoms. The number of benzene rings is 2. The highest BCUT2D eigenvalue weighted by atomic mass is 16.4. The third-order valence-electron chi connectivity index (χ3n) is 4.07. The van der Waals surface area contributed by atoms with Crippen molar-refractivity contribution in [2.75, 3.05) is 0 Å². The van der Waals surface area contributed by atoms with Gasteiger partial charge in [-0.3, -0.25) is 9.59 Å². The lowest BCUT2D eigenvalue weighted by Gasteiger charge is -2.08. The minimum Gasteiger partial charge on any atom is -0.481 e. The number of hydrogen-bond donors (Lipinski definition) is 2. The molecule has 1 aromatic heterocycles. The predicted molar refractivity (Wildman–Crippen MR) is 90.1 cm³/mol. The normalized spacial score (nSPS) is 12.2. The van der Waals surface area contributed by atoms with Crippen LogP contribution in [0.5, 0.6) is 0 Å². The molecule has 0 aliphatic heterocycles. The summed E-state index contributed by atoms with van der Waals surface area (Å²) < 4.78 is 1.97. The molecular formula is C19H17NO4. The highest BCUT2D eigenvalue weighted by Crippen LogP contribution is 2.30. The average Bonchev–Trinajstić information content (AvgIpc) is 2.92. The fourth-order valence-corrected chi connectivity index (χ4v) is 2.97. The van der Waals surface area contributed by atoms with Gasteiger partial charge in [0.2, 0.25) is 0 Å². The van der Waals surface area contributed by atoms with Crippen LogP contribution in [0.4, 0.5) is 0 Å². The number of carbonyl (C=O) groups is 2. The van der Waals surface area contributed by atoms with Gasteiger partial charge in [0.1, 0.15) is 0 Å². The molecule has 0 fully saturated rings. The maximum Gasteiger partial charge on any atom is 0.311 e. The first-order valence-corrected chi connectivity index (χ1v) is 7.62. The Balaban J connectivity index is 2.09. The molecule has 1 heterocycles. The van der Waals surface area contributed by atoms with Gasteiger partial charge in [-0.05, 0) is 17.2 Å². The van der Waals surface area contributed by atoms with E-state index in [2.05, 4.69) is 0 Å². The molecule has 3 rings (SSSR count). The molecule has 0 aliphatic carbocycles. The lowest BCUT2D eigenvalue weighted by Crippen LogP contribution is -2.15. The first-order chi connectivity index (χ1) is 11.6. The Bertz CT molecular complexity index is 883. The molecule has 1 atom stereocenters. The van der Waals surface area contributed by atoms with Crippen LogP contribution in [0.2, 0.25) is 0 Å². The number of para-hydroxylation sites is 1. The van der Waals surface area contributed by atoms with Gasteiger partial charge in [0.25, 0.3) is 0 Å². The minimum atomic E-state index is -1.12. The third-order valence-corrected chi connectivity index (χ3v) is 4.07. The Kier molecular flexibility index (Phi) is 4.33. The summed E-state index contributed by atoms with van der Waals surface area (Å²) in [5, 5.41) is 19.3. The molecule has 0 bridgehead atoms. The van der Waals surface area contributed by atoms with Crippen LogP contribution in [0.25, 0.3) is 10.9 Å². The number of nitrogens with zero attached hydrogens (tertiary/aromatic N) is 1. The summed E-state index contributed by atoms with van der Waals surface area (Å²) in [5.41, 5.74) is 2.53. The molecule has 122 valence electrons. The number of carboxylic acids is 2. The Morgan fingerprint density at radius 3 is 2.29 bits per heavy atom. The second-order valence-electron chi connectivity index (χ2n) is 5.70. The van der Waals surface area contributed by atoms with Crippen LogP contribution in [-0.2, 0) is 16.1 Å². The number of rotatable bonds is 6. The summed E-state index contributed by atoms with van der Waals surface area (Å²) in [7, 11) is 0. The molecule has 0 saturated heterocycles. The van der Waals surface area contributed by atoms with Crippen molar-refractivity contribution in [3.05, 3.63) is 71.9 Å². The quantitative estimate of drug-likeness (QED) is 0.729. The third kappa shape index (κ3) is 3.15. The first kappa shape index (κ1) is 15.8. The molecule has 3 aromatic rings. The van der Waals surface area contributed by atoms with Crippen molar-refractivity contribution in [2.45, 2.75) is 18.9 Å². The van der Waals surface area contributed by atoms with Crippen LogP contribution < -0.4 is 0 Å². The molecule has 0 aliphatic rings. The van der Waals surface area contributed by atoms with Crippen LogP contribution in [0.15, 0.2) is 60.8 Å². The summed E-state index contributed by atoms with van der Waals surface area (Å²) in [4.78, 5) is 22.6. The molecule has 5 nitrogen and oxygen atoms in total. The maximum atomic E-state index is 11.6. The van der Waals surface area contributed by atoms with Gasteiger partial charge < -0.3 is 14.8 Å². The number of hydrogen-bond acceptors (Lipinski definition) is 2. The fourth-order valence-electron chi connectivity index (χ4n) is 2.97. The molecule has 0 unspecified atom stereocenters. The number of aliphatic carboxylic acids is 2. The monoisotopic (exact) mass is 323 g/mol. The molecule has 0 radical (unpaired) electrons. The molecule has 0 amide bonds. The smallest absolute Gasteiger partial charge is 0.311 e. The zero-order valence-electron chi connectivity index (χ0n) is 12.9. The lowest BCUT2D eigenvalue weighted by molar-refractivity contribution is -0.145. The standard InChI is InChI=1S/C19H17NO4/c21-18(22)10-15(19(23)24)16-12-20(11-13-6-2-1-3-7-13)17-9-5-4-8-14(16)17/h1-9,12,15H,10-11H2,(H,21,22)(H,23,24)/t15-/m0/s1. The van der Waals surface area contributed by atoms with E-state index in [-0.39, 0.29) is 0 Å². The van der Waals surface area contributed by atoms with E-state index in [1.165, 1.54) is 0 Å². The largest absolute Gasteiger partial charge is 0.481 e. The zero-order chi connectivity index (χ0) is 17.1. The van der Waals surface area contributed by atoms with Crippen molar-refractivity contribution < 1.29 is 19.8 Å². The van der Waals surface area contributed by atoms with Crippen LogP contribution >= 0.6 is 0 Å². The van der Waals surface area contributed by atoms with Gasteiger partial charge in [-0.15, -0.1) is 0 Å². The summed E-state index contributed by atoms with van der Waals surface area (Å²) in [5.74, 6) is -3.31. The average molecular weight is 323 g/mol. The van der Waals surface area contributed by atoms with Crippen LogP contribution in [0.3, 0.4) is 0 Å². The van der Waals surface area contributed by atoms with Gasteiger partial charge in [0, 0.05) is 23.6 Å². The first-order valence-electron chi connectivity index (χ1n) is 7.62. The number of carboxylic acid groups (broad SMARTS) is 2. The SMILES string of the molecule is O=C(O)C[C@H](C(=O)O)c1cn(Cc2ccccc2)c2ccccc12. The topological polar surface area (TPSA) is 79.5 Å². The molecule has 2 N–H and O–H groups in total. The molecule has 5 heteroatoms. The van der Waals surface area contributed by atoms with E-state index >= 15 is 0 Å². The number of aromatic nitrogens is 1. The summed E-state index contributed by atoms with van der Waals surface area (Å²) in [6.07, 6.45) is 1.33. The second-order valence-corrected chi connectivity index (χ2v) is 5.70. The van der Waals surface area contributed by atoms with E-state index < -0.39 is 24.3 Å². The van der Waals surface area contributed by atoms with Gasteiger partial charge in [-0.25, -0.2) is 0 Å². The van der Waals surface area contributed by atoms with Gasteiger partial charge in [-0.1, -0.05) is 48.5 Å². The fraction of sp³-hybridized carbons (Fsp3) is 0.158. The van der Waals surface area contributed by atoms with Crippen molar-refractivity contribution in [1.29, 1.82) is 0 Å². The Morgan fingerprint density at radius 2 is 1.62 bits per heavy atom. The number of fused-ring (bicyclic) bond motifs is 1. The molecule has 24 heavy (non-hydrogen) atoms. The van der Waals surface area contributed by atoms with Crippen molar-refractivity contribution in [3.8, 4) is 0 Å². The van der Waals surface area contributed by atoms with E-state index in [4.69, 9.17) is 5.11 Å². The minimum absolute atomic E-state index is 0.436. The maximum absolute atomic E-state index is 11.6. The summed E-state index contributed by atoms with van der Waals surface area (Å²) in [6, 6.07) is 17.3. The van der Waals surface area contributed by atoms with E-state index in [0.29, 0.717) is 12.1 Å². The van der Waals surface area contributed by atoms with Crippen LogP contribution in [-0.4, -0.2) is 26.7 Å². The van der Waals surface area contributed by atoms with Crippen molar-refractivity contribution in [3.63, 3.8) is 0 Å². The lowest BCUT2D eigenvalue weighted by atomic mass is 9.95. The van der Waals surface area contributed by atoms with E-state index in [1.807, 2.05) is 59.2 Å². The van der Waals surface area contributed by atoms with E-state index in [0.717, 1.165) is 16.5 Å². The van der Waals surface area contributed by atoms with Crippen molar-refractivity contribution in [2.24, 2.45) is 0 Å². The Hall–Kier alpha value is -3.08. The second kappa shape index (κ2) is 6.58. The van der Waals surface area contributed by atoms with Crippen LogP contribution in [0, 0.1) is 0 Å². The van der Waals surface area contributed by atoms with Crippen molar-refractivity contribution >= 4 is 22.8 Å². The Labute approximate surface area is 138 Å². The van der Waals surface area contributed by atoms with Gasteiger partial charge >= 0.3 is 11.9 Å².